The molecule has 1 amide bonds. The zero-order valence-corrected chi connectivity index (χ0v) is 14.1. The molecule has 1 fully saturated rings. The largest absolute Gasteiger partial charge is 0.479 e. The van der Waals surface area contributed by atoms with Gasteiger partial charge in [0, 0.05) is 7.05 Å². The number of carbonyl (C=O) groups excluding carboxylic acids is 1. The minimum Gasteiger partial charge on any atom is -0.479 e. The number of carbonyl (C=O) groups is 2. The Labute approximate surface area is 143 Å². The van der Waals surface area contributed by atoms with Crippen LogP contribution in [-0.4, -0.2) is 38.7 Å². The van der Waals surface area contributed by atoms with Crippen molar-refractivity contribution < 1.29 is 19.4 Å². The van der Waals surface area contributed by atoms with Crippen LogP contribution in [0.3, 0.4) is 0 Å². The molecule has 2 aromatic rings. The predicted molar refractivity (Wildman–Crippen MR) is 87.6 cm³/mol. The zero-order chi connectivity index (χ0) is 17.4. The maximum atomic E-state index is 12.2. The highest BCUT2D eigenvalue weighted by molar-refractivity contribution is 6.35. The number of hydrogen-bond donors (Lipinski definition) is 2. The van der Waals surface area contributed by atoms with Crippen molar-refractivity contribution in [3.63, 3.8) is 0 Å². The summed E-state index contributed by atoms with van der Waals surface area (Å²) in [6.07, 6.45) is -1.30. The number of hydrogen-bond acceptors (Lipinski definition) is 4. The number of halogens is 1. The number of imidazole rings is 1. The fourth-order valence-corrected chi connectivity index (χ4v) is 3.30. The summed E-state index contributed by atoms with van der Waals surface area (Å²) in [5, 5.41) is 12.4. The van der Waals surface area contributed by atoms with E-state index >= 15 is 0 Å². The third-order valence-corrected chi connectivity index (χ3v) is 4.61. The molecule has 0 saturated carbocycles. The van der Waals surface area contributed by atoms with E-state index in [0.29, 0.717) is 17.3 Å². The van der Waals surface area contributed by atoms with Gasteiger partial charge in [0.25, 0.3) is 0 Å². The number of rotatable bonds is 4. The average molecular weight is 352 g/mol. The van der Waals surface area contributed by atoms with E-state index in [1.165, 1.54) is 0 Å². The Balaban J connectivity index is 1.68. The molecule has 0 unspecified atom stereocenters. The van der Waals surface area contributed by atoms with Crippen molar-refractivity contribution in [1.82, 2.24) is 14.9 Å². The van der Waals surface area contributed by atoms with Crippen molar-refractivity contribution >= 4 is 34.5 Å². The monoisotopic (exact) mass is 351 g/mol. The van der Waals surface area contributed by atoms with Gasteiger partial charge in [-0.2, -0.15) is 0 Å². The second-order valence-corrected chi connectivity index (χ2v) is 6.42. The Morgan fingerprint density at radius 1 is 1.50 bits per heavy atom. The summed E-state index contributed by atoms with van der Waals surface area (Å²) in [5.41, 5.74) is 1.56. The van der Waals surface area contributed by atoms with Gasteiger partial charge < -0.3 is 19.7 Å². The van der Waals surface area contributed by atoms with Gasteiger partial charge in [0.05, 0.1) is 22.6 Å². The molecule has 7 nitrogen and oxygen atoms in total. The lowest BCUT2D eigenvalue weighted by atomic mass is 10.0. The third kappa shape index (κ3) is 2.97. The van der Waals surface area contributed by atoms with E-state index in [-0.39, 0.29) is 18.4 Å². The maximum Gasteiger partial charge on any atom is 0.333 e. The Hall–Kier alpha value is -2.12. The van der Waals surface area contributed by atoms with Gasteiger partial charge in [-0.1, -0.05) is 24.6 Å². The Morgan fingerprint density at radius 3 is 2.88 bits per heavy atom. The predicted octanol–water partition coefficient (Wildman–Crippen LogP) is 1.72. The molecule has 24 heavy (non-hydrogen) atoms. The van der Waals surface area contributed by atoms with Gasteiger partial charge in [0.1, 0.15) is 11.9 Å². The molecule has 0 radical (unpaired) electrons. The van der Waals surface area contributed by atoms with E-state index < -0.39 is 18.2 Å². The van der Waals surface area contributed by atoms with Gasteiger partial charge in [0.15, 0.2) is 6.10 Å². The van der Waals surface area contributed by atoms with Crippen LogP contribution in [0.4, 0.5) is 0 Å². The van der Waals surface area contributed by atoms with E-state index in [4.69, 9.17) is 21.4 Å². The molecule has 3 rings (SSSR count). The molecular formula is C16H18ClN3O4. The molecule has 1 aromatic heterocycles. The first-order chi connectivity index (χ1) is 11.4. The van der Waals surface area contributed by atoms with Crippen molar-refractivity contribution in [2.75, 3.05) is 0 Å². The summed E-state index contributed by atoms with van der Waals surface area (Å²) < 4.78 is 7.16. The summed E-state index contributed by atoms with van der Waals surface area (Å²) in [6.45, 7) is 1.98. The van der Waals surface area contributed by atoms with Gasteiger partial charge in [0.2, 0.25) is 5.91 Å². The first kappa shape index (κ1) is 16.7. The van der Waals surface area contributed by atoms with Crippen LogP contribution in [0.1, 0.15) is 19.2 Å². The lowest BCUT2D eigenvalue weighted by molar-refractivity contribution is -0.153. The van der Waals surface area contributed by atoms with Crippen LogP contribution in [0.2, 0.25) is 5.02 Å². The number of carboxylic acids is 1. The number of benzene rings is 1. The van der Waals surface area contributed by atoms with Crippen LogP contribution in [0, 0.1) is 5.92 Å². The highest BCUT2D eigenvalue weighted by atomic mass is 35.5. The molecular weight excluding hydrogens is 334 g/mol. The Kier molecular flexibility index (Phi) is 4.47. The molecule has 0 bridgehead atoms. The highest BCUT2D eigenvalue weighted by Gasteiger charge is 2.40. The molecule has 1 saturated heterocycles. The standard InChI is InChI=1S/C16H18ClN3O4/c1-8-6-11(24-14(8)16(22)23)15(21)18-7-12-19-10-5-3-4-9(17)13(10)20(12)2/h3-5,8,11,14H,6-7H2,1-2H3,(H,18,21)(H,22,23)/t8-,11-,14-/m1/s1. The second kappa shape index (κ2) is 6.41. The maximum absolute atomic E-state index is 12.2. The van der Waals surface area contributed by atoms with E-state index in [0.717, 1.165) is 11.0 Å². The lowest BCUT2D eigenvalue weighted by Gasteiger charge is -2.12. The van der Waals surface area contributed by atoms with Gasteiger partial charge in [-0.25, -0.2) is 9.78 Å². The summed E-state index contributed by atoms with van der Waals surface area (Å²) in [7, 11) is 1.83. The van der Waals surface area contributed by atoms with Crippen molar-refractivity contribution in [3.05, 3.63) is 29.0 Å². The smallest absolute Gasteiger partial charge is 0.333 e. The fraction of sp³-hybridized carbons (Fsp3) is 0.438. The topological polar surface area (TPSA) is 93.5 Å². The molecule has 2 heterocycles. The summed E-state index contributed by atoms with van der Waals surface area (Å²) in [5.74, 6) is -0.911. The van der Waals surface area contributed by atoms with Crippen molar-refractivity contribution in [2.24, 2.45) is 13.0 Å². The van der Waals surface area contributed by atoms with Crippen LogP contribution >= 0.6 is 11.6 Å². The van der Waals surface area contributed by atoms with Gasteiger partial charge in [-0.05, 0) is 24.5 Å². The first-order valence-corrected chi connectivity index (χ1v) is 8.02. The minimum atomic E-state index is -1.04. The van der Waals surface area contributed by atoms with Gasteiger partial charge >= 0.3 is 5.97 Å². The van der Waals surface area contributed by atoms with E-state index in [9.17, 15) is 9.59 Å². The number of fused-ring (bicyclic) bond motifs is 1. The Bertz CT molecular complexity index is 804. The van der Waals surface area contributed by atoms with Crippen LogP contribution in [-0.2, 0) is 27.9 Å². The number of amides is 1. The van der Waals surface area contributed by atoms with E-state index in [1.807, 2.05) is 23.7 Å². The van der Waals surface area contributed by atoms with E-state index in [2.05, 4.69) is 10.3 Å². The van der Waals surface area contributed by atoms with Crippen LogP contribution in [0.25, 0.3) is 11.0 Å². The van der Waals surface area contributed by atoms with Gasteiger partial charge in [-0.15, -0.1) is 0 Å². The third-order valence-electron chi connectivity index (χ3n) is 4.31. The first-order valence-electron chi connectivity index (χ1n) is 7.64. The summed E-state index contributed by atoms with van der Waals surface area (Å²) >= 11 is 6.18. The van der Waals surface area contributed by atoms with Gasteiger partial charge in [-0.3, -0.25) is 4.79 Å². The summed E-state index contributed by atoms with van der Waals surface area (Å²) in [4.78, 5) is 27.7. The highest BCUT2D eigenvalue weighted by Crippen LogP contribution is 2.27. The average Bonchev–Trinajstić information content (AvgIpc) is 3.07. The number of aliphatic carboxylic acids is 1. The SMILES string of the molecule is C[C@@H]1C[C@H](C(=O)NCc2nc3cccc(Cl)c3n2C)O[C@H]1C(=O)O. The number of para-hydroxylation sites is 1. The number of carboxylic acid groups (broad SMARTS) is 1. The normalized spacial score (nSPS) is 23.5. The Morgan fingerprint density at radius 2 is 2.25 bits per heavy atom. The van der Waals surface area contributed by atoms with Crippen LogP contribution in [0.15, 0.2) is 18.2 Å². The zero-order valence-electron chi connectivity index (χ0n) is 13.3. The quantitative estimate of drug-likeness (QED) is 0.874. The second-order valence-electron chi connectivity index (χ2n) is 6.01. The summed E-state index contributed by atoms with van der Waals surface area (Å²) in [6, 6.07) is 5.46. The van der Waals surface area contributed by atoms with Crippen molar-refractivity contribution in [1.29, 1.82) is 0 Å². The van der Waals surface area contributed by atoms with Crippen LogP contribution < -0.4 is 5.32 Å². The minimum absolute atomic E-state index is 0.201. The number of aromatic nitrogens is 2. The molecule has 1 aromatic carbocycles. The molecule has 1 aliphatic heterocycles. The molecule has 2 N–H and O–H groups in total. The van der Waals surface area contributed by atoms with E-state index in [1.54, 1.807) is 13.0 Å². The molecule has 8 heteroatoms. The molecule has 0 spiro atoms. The molecule has 0 aliphatic carbocycles. The molecule has 3 atom stereocenters. The van der Waals surface area contributed by atoms with Crippen molar-refractivity contribution in [3.8, 4) is 0 Å². The van der Waals surface area contributed by atoms with Crippen LogP contribution in [0.5, 0.6) is 0 Å². The fourth-order valence-electron chi connectivity index (χ4n) is 3.01. The number of aryl methyl sites for hydroxylation is 1. The number of nitrogens with one attached hydrogen (secondary N) is 1. The van der Waals surface area contributed by atoms with Crippen molar-refractivity contribution in [2.45, 2.75) is 32.1 Å². The number of nitrogens with zero attached hydrogens (tertiary/aromatic N) is 2. The number of ether oxygens (including phenoxy) is 1. The molecule has 128 valence electrons. The molecule has 1 aliphatic rings. The lowest BCUT2D eigenvalue weighted by Crippen LogP contribution is -2.35.